The maximum absolute atomic E-state index is 11.8. The summed E-state index contributed by atoms with van der Waals surface area (Å²) in [6, 6.07) is 4.98. The van der Waals surface area contributed by atoms with Gasteiger partial charge in [-0.15, -0.1) is 5.10 Å². The van der Waals surface area contributed by atoms with Crippen LogP contribution < -0.4 is 15.8 Å². The van der Waals surface area contributed by atoms with E-state index in [1.165, 1.54) is 18.9 Å². The van der Waals surface area contributed by atoms with Crippen LogP contribution in [0.4, 0.5) is 11.6 Å². The molecule has 1 heterocycles. The van der Waals surface area contributed by atoms with E-state index in [-0.39, 0.29) is 17.6 Å². The number of anilines is 2. The number of thioether (sulfide) groups is 1. The molecule has 4 N–H and O–H groups in total. The third-order valence-corrected chi connectivity index (χ3v) is 3.33. The number of rotatable bonds is 5. The van der Waals surface area contributed by atoms with Crippen LogP contribution in [0.5, 0.6) is 5.75 Å². The maximum Gasteiger partial charge on any atom is 0.234 e. The molecule has 0 aliphatic heterocycles. The Bertz CT molecular complexity index is 619. The molecular weight excluding hydrogens is 302 g/mol. The highest BCUT2D eigenvalue weighted by atomic mass is 35.5. The molecule has 2 rings (SSSR count). The number of benzene rings is 1. The number of aromatic nitrogens is 3. The lowest BCUT2D eigenvalue weighted by Crippen LogP contribution is -2.14. The number of aromatic amines is 1. The molecule has 2 aromatic rings. The van der Waals surface area contributed by atoms with Crippen molar-refractivity contribution in [3.05, 3.63) is 23.2 Å². The van der Waals surface area contributed by atoms with E-state index < -0.39 is 0 Å². The summed E-state index contributed by atoms with van der Waals surface area (Å²) in [6.45, 7) is 0. The van der Waals surface area contributed by atoms with Gasteiger partial charge in [0.1, 0.15) is 5.75 Å². The third-order valence-electron chi connectivity index (χ3n) is 2.25. The minimum atomic E-state index is -0.223. The molecule has 0 saturated heterocycles. The first-order valence-electron chi connectivity index (χ1n) is 5.52. The van der Waals surface area contributed by atoms with Gasteiger partial charge in [-0.2, -0.15) is 4.98 Å². The van der Waals surface area contributed by atoms with Crippen LogP contribution in [-0.4, -0.2) is 34.0 Å². The molecule has 1 amide bonds. The van der Waals surface area contributed by atoms with Crippen molar-refractivity contribution >= 4 is 40.9 Å². The minimum Gasteiger partial charge on any atom is -0.495 e. The number of halogens is 1. The molecule has 0 aliphatic rings. The second-order valence-electron chi connectivity index (χ2n) is 3.68. The van der Waals surface area contributed by atoms with Crippen molar-refractivity contribution in [3.8, 4) is 5.75 Å². The van der Waals surface area contributed by atoms with Gasteiger partial charge in [0, 0.05) is 5.02 Å². The second-order valence-corrected chi connectivity index (χ2v) is 5.06. The number of nitrogens with two attached hydrogens (primary N) is 1. The fourth-order valence-corrected chi connectivity index (χ4v) is 2.19. The maximum atomic E-state index is 11.8. The fourth-order valence-electron chi connectivity index (χ4n) is 1.42. The van der Waals surface area contributed by atoms with Crippen LogP contribution in [0, 0.1) is 0 Å². The van der Waals surface area contributed by atoms with E-state index in [1.54, 1.807) is 18.2 Å². The number of hydrogen-bond acceptors (Lipinski definition) is 6. The molecule has 1 aromatic heterocycles. The van der Waals surface area contributed by atoms with Crippen LogP contribution in [0.15, 0.2) is 23.4 Å². The first-order valence-corrected chi connectivity index (χ1v) is 6.89. The van der Waals surface area contributed by atoms with Gasteiger partial charge in [-0.3, -0.25) is 4.79 Å². The number of methoxy groups -OCH3 is 1. The Balaban J connectivity index is 1.96. The van der Waals surface area contributed by atoms with Crippen molar-refractivity contribution in [3.63, 3.8) is 0 Å². The highest BCUT2D eigenvalue weighted by molar-refractivity contribution is 7.99. The van der Waals surface area contributed by atoms with Crippen LogP contribution >= 0.6 is 23.4 Å². The largest absolute Gasteiger partial charge is 0.495 e. The predicted octanol–water partition coefficient (Wildman–Crippen LogP) is 1.78. The molecular formula is C11H12ClN5O2S. The van der Waals surface area contributed by atoms with Crippen molar-refractivity contribution in [2.45, 2.75) is 5.16 Å². The normalized spacial score (nSPS) is 10.3. The summed E-state index contributed by atoms with van der Waals surface area (Å²) < 4.78 is 5.14. The van der Waals surface area contributed by atoms with Gasteiger partial charge in [0.05, 0.1) is 18.6 Å². The Morgan fingerprint density at radius 3 is 3.05 bits per heavy atom. The number of carbonyl (C=O) groups excluding carboxylic acids is 1. The van der Waals surface area contributed by atoms with E-state index >= 15 is 0 Å². The monoisotopic (exact) mass is 313 g/mol. The summed E-state index contributed by atoms with van der Waals surface area (Å²) in [6.07, 6.45) is 0. The number of ether oxygens (including phenoxy) is 1. The number of H-pyrrole nitrogens is 1. The summed E-state index contributed by atoms with van der Waals surface area (Å²) in [5, 5.41) is 9.95. The average Bonchev–Trinajstić information content (AvgIpc) is 2.83. The van der Waals surface area contributed by atoms with Gasteiger partial charge in [-0.25, -0.2) is 5.10 Å². The van der Waals surface area contributed by atoms with Crippen molar-refractivity contribution < 1.29 is 9.53 Å². The van der Waals surface area contributed by atoms with Crippen molar-refractivity contribution in [1.29, 1.82) is 0 Å². The van der Waals surface area contributed by atoms with Crippen LogP contribution in [0.3, 0.4) is 0 Å². The standard InChI is InChI=1S/C11H12ClN5O2S/c1-19-8-3-2-6(12)4-7(8)14-9(18)5-20-11-15-10(13)16-17-11/h2-4H,5H2,1H3,(H,14,18)(H3,13,15,16,17). The van der Waals surface area contributed by atoms with Gasteiger partial charge >= 0.3 is 0 Å². The number of nitrogen functional groups attached to an aromatic ring is 1. The van der Waals surface area contributed by atoms with Crippen LogP contribution in [0.1, 0.15) is 0 Å². The SMILES string of the molecule is COc1ccc(Cl)cc1NC(=O)CSc1n[nH]c(N)n1. The number of nitrogens with one attached hydrogen (secondary N) is 2. The lowest BCUT2D eigenvalue weighted by Gasteiger charge is -2.09. The Kier molecular flexibility index (Phi) is 4.70. The zero-order valence-electron chi connectivity index (χ0n) is 10.5. The Labute approximate surface area is 124 Å². The van der Waals surface area contributed by atoms with E-state index in [9.17, 15) is 4.79 Å². The molecule has 0 radical (unpaired) electrons. The Morgan fingerprint density at radius 2 is 2.40 bits per heavy atom. The number of nitrogens with zero attached hydrogens (tertiary/aromatic N) is 2. The van der Waals surface area contributed by atoms with E-state index in [1.807, 2.05) is 0 Å². The zero-order chi connectivity index (χ0) is 14.5. The van der Waals surface area contributed by atoms with Crippen molar-refractivity contribution in [2.24, 2.45) is 0 Å². The van der Waals surface area contributed by atoms with Gasteiger partial charge in [-0.05, 0) is 18.2 Å². The molecule has 106 valence electrons. The zero-order valence-corrected chi connectivity index (χ0v) is 12.1. The molecule has 0 atom stereocenters. The molecule has 0 saturated carbocycles. The quantitative estimate of drug-likeness (QED) is 0.727. The van der Waals surface area contributed by atoms with Gasteiger partial charge in [0.15, 0.2) is 0 Å². The smallest absolute Gasteiger partial charge is 0.234 e. The average molecular weight is 314 g/mol. The third kappa shape index (κ3) is 3.78. The first kappa shape index (κ1) is 14.5. The highest BCUT2D eigenvalue weighted by Gasteiger charge is 2.10. The van der Waals surface area contributed by atoms with Gasteiger partial charge in [0.25, 0.3) is 0 Å². The summed E-state index contributed by atoms with van der Waals surface area (Å²) in [5.74, 6) is 0.672. The molecule has 1 aromatic carbocycles. The summed E-state index contributed by atoms with van der Waals surface area (Å²) in [7, 11) is 1.52. The van der Waals surface area contributed by atoms with E-state index in [4.69, 9.17) is 22.1 Å². The molecule has 0 spiro atoms. The summed E-state index contributed by atoms with van der Waals surface area (Å²) in [5.41, 5.74) is 5.90. The number of amides is 1. The van der Waals surface area contributed by atoms with Crippen molar-refractivity contribution in [1.82, 2.24) is 15.2 Å². The molecule has 20 heavy (non-hydrogen) atoms. The number of carbonyl (C=O) groups is 1. The fraction of sp³-hybridized carbons (Fsp3) is 0.182. The lowest BCUT2D eigenvalue weighted by atomic mass is 10.3. The molecule has 0 fully saturated rings. The Hall–Kier alpha value is -1.93. The predicted molar refractivity (Wildman–Crippen MR) is 78.2 cm³/mol. The topological polar surface area (TPSA) is 106 Å². The first-order chi connectivity index (χ1) is 9.58. The van der Waals surface area contributed by atoms with Gasteiger partial charge in [-0.1, -0.05) is 23.4 Å². The van der Waals surface area contributed by atoms with Crippen LogP contribution in [0.25, 0.3) is 0 Å². The van der Waals surface area contributed by atoms with E-state index in [0.717, 1.165) is 0 Å². The molecule has 7 nitrogen and oxygen atoms in total. The molecule has 0 bridgehead atoms. The van der Waals surface area contributed by atoms with E-state index in [2.05, 4.69) is 20.5 Å². The minimum absolute atomic E-state index is 0.146. The van der Waals surface area contributed by atoms with Crippen LogP contribution in [0.2, 0.25) is 5.02 Å². The number of hydrogen-bond donors (Lipinski definition) is 3. The Morgan fingerprint density at radius 1 is 1.60 bits per heavy atom. The molecule has 0 unspecified atom stereocenters. The second kappa shape index (κ2) is 6.49. The van der Waals surface area contributed by atoms with Crippen molar-refractivity contribution in [2.75, 3.05) is 23.9 Å². The summed E-state index contributed by atoms with van der Waals surface area (Å²) >= 11 is 7.05. The van der Waals surface area contributed by atoms with Gasteiger partial charge in [0.2, 0.25) is 17.0 Å². The molecule has 0 aliphatic carbocycles. The highest BCUT2D eigenvalue weighted by Crippen LogP contribution is 2.27. The summed E-state index contributed by atoms with van der Waals surface area (Å²) in [4.78, 5) is 15.7. The van der Waals surface area contributed by atoms with E-state index in [0.29, 0.717) is 21.6 Å². The molecule has 9 heteroatoms. The lowest BCUT2D eigenvalue weighted by molar-refractivity contribution is -0.113. The van der Waals surface area contributed by atoms with Crippen LogP contribution in [-0.2, 0) is 4.79 Å². The van der Waals surface area contributed by atoms with Gasteiger partial charge < -0.3 is 15.8 Å².